The zero-order valence-electron chi connectivity index (χ0n) is 17.5. The lowest BCUT2D eigenvalue weighted by Crippen LogP contribution is -2.35. The number of ether oxygens (including phenoxy) is 3. The van der Waals surface area contributed by atoms with Crippen LogP contribution in [0.15, 0.2) is 48.5 Å². The molecule has 0 heterocycles. The first-order chi connectivity index (χ1) is 14.1. The maximum absolute atomic E-state index is 11.6. The van der Waals surface area contributed by atoms with Gasteiger partial charge in [0.15, 0.2) is 11.5 Å². The third kappa shape index (κ3) is 7.40. The first-order valence-corrected chi connectivity index (χ1v) is 9.87. The second-order valence-corrected chi connectivity index (χ2v) is 6.89. The van der Waals surface area contributed by atoms with E-state index in [2.05, 4.69) is 4.90 Å². The number of para-hydroxylation sites is 1. The van der Waals surface area contributed by atoms with Gasteiger partial charge in [0.25, 0.3) is 0 Å². The molecule has 0 saturated carbocycles. The largest absolute Gasteiger partial charge is 0.493 e. The molecule has 0 fully saturated rings. The predicted molar refractivity (Wildman–Crippen MR) is 112 cm³/mol. The van der Waals surface area contributed by atoms with E-state index >= 15 is 0 Å². The van der Waals surface area contributed by atoms with Crippen molar-refractivity contribution < 1.29 is 24.1 Å². The molecular weight excluding hydrogens is 370 g/mol. The Kier molecular flexibility index (Phi) is 9.47. The van der Waals surface area contributed by atoms with Crippen molar-refractivity contribution in [2.45, 2.75) is 39.0 Å². The maximum atomic E-state index is 11.6. The average molecular weight is 402 g/mol. The highest BCUT2D eigenvalue weighted by Gasteiger charge is 2.18. The van der Waals surface area contributed by atoms with Gasteiger partial charge in [-0.05, 0) is 18.1 Å². The summed E-state index contributed by atoms with van der Waals surface area (Å²) in [7, 11) is 3.22. The van der Waals surface area contributed by atoms with Gasteiger partial charge in [-0.3, -0.25) is 9.69 Å². The quantitative estimate of drug-likeness (QED) is 0.550. The minimum atomic E-state index is -0.781. The van der Waals surface area contributed by atoms with Crippen LogP contribution in [0.2, 0.25) is 0 Å². The number of methoxy groups -OCH3 is 2. The molecule has 0 aromatic heterocycles. The van der Waals surface area contributed by atoms with Crippen LogP contribution < -0.4 is 9.47 Å². The van der Waals surface area contributed by atoms with Crippen LogP contribution in [0.4, 0.5) is 0 Å². The first-order valence-electron chi connectivity index (χ1n) is 9.87. The molecular formula is C23H31NO5. The van der Waals surface area contributed by atoms with Gasteiger partial charge in [0.1, 0.15) is 12.7 Å². The van der Waals surface area contributed by atoms with Crippen molar-refractivity contribution in [2.24, 2.45) is 0 Å². The lowest BCUT2D eigenvalue weighted by Gasteiger charge is -2.26. The van der Waals surface area contributed by atoms with Gasteiger partial charge >= 0.3 is 5.97 Å². The summed E-state index contributed by atoms with van der Waals surface area (Å²) in [6, 6.07) is 15.8. The molecule has 0 spiro atoms. The molecule has 6 heteroatoms. The van der Waals surface area contributed by atoms with Crippen molar-refractivity contribution in [1.82, 2.24) is 4.90 Å². The Hall–Kier alpha value is -2.57. The number of rotatable bonds is 12. The Morgan fingerprint density at radius 2 is 1.79 bits per heavy atom. The Labute approximate surface area is 173 Å². The maximum Gasteiger partial charge on any atom is 0.305 e. The van der Waals surface area contributed by atoms with Crippen LogP contribution in [0, 0.1) is 0 Å². The normalized spacial score (nSPS) is 11.9. The summed E-state index contributed by atoms with van der Waals surface area (Å²) < 4.78 is 16.1. The number of hydrogen-bond donors (Lipinski definition) is 1. The lowest BCUT2D eigenvalue weighted by molar-refractivity contribution is -0.147. The van der Waals surface area contributed by atoms with Crippen molar-refractivity contribution in [3.63, 3.8) is 0 Å². The van der Waals surface area contributed by atoms with E-state index in [1.54, 1.807) is 14.2 Å². The smallest absolute Gasteiger partial charge is 0.305 e. The second kappa shape index (κ2) is 12.1. The van der Waals surface area contributed by atoms with Crippen molar-refractivity contribution in [2.75, 3.05) is 27.4 Å². The number of benzene rings is 2. The van der Waals surface area contributed by atoms with Gasteiger partial charge in [-0.1, -0.05) is 49.4 Å². The number of esters is 1. The van der Waals surface area contributed by atoms with Gasteiger partial charge in [0.2, 0.25) is 0 Å². The molecule has 0 amide bonds. The Morgan fingerprint density at radius 1 is 1.03 bits per heavy atom. The zero-order chi connectivity index (χ0) is 21.1. The Bertz CT molecular complexity index is 750. The molecule has 6 nitrogen and oxygen atoms in total. The van der Waals surface area contributed by atoms with E-state index in [1.807, 2.05) is 55.5 Å². The molecule has 0 bridgehead atoms. The lowest BCUT2D eigenvalue weighted by atomic mass is 10.1. The average Bonchev–Trinajstić information content (AvgIpc) is 2.73. The number of aliphatic hydroxyl groups is 1. The SMILES string of the molecule is CCCC(=O)OCC(O)CN(Cc1ccccc1)Cc1cccc(OC)c1OC. The number of aliphatic hydroxyl groups excluding tert-OH is 1. The van der Waals surface area contributed by atoms with Gasteiger partial charge in [0.05, 0.1) is 14.2 Å². The van der Waals surface area contributed by atoms with Crippen molar-refractivity contribution in [1.29, 1.82) is 0 Å². The van der Waals surface area contributed by atoms with Crippen molar-refractivity contribution in [3.8, 4) is 11.5 Å². The molecule has 2 aromatic carbocycles. The van der Waals surface area contributed by atoms with Gasteiger partial charge < -0.3 is 19.3 Å². The molecule has 29 heavy (non-hydrogen) atoms. The third-order valence-corrected chi connectivity index (χ3v) is 4.49. The number of nitrogens with zero attached hydrogens (tertiary/aromatic N) is 1. The molecule has 0 aliphatic heterocycles. The molecule has 0 radical (unpaired) electrons. The summed E-state index contributed by atoms with van der Waals surface area (Å²) >= 11 is 0. The van der Waals surface area contributed by atoms with E-state index in [0.717, 1.165) is 17.5 Å². The van der Waals surface area contributed by atoms with Crippen LogP contribution in [-0.4, -0.2) is 49.5 Å². The molecule has 1 unspecified atom stereocenters. The van der Waals surface area contributed by atoms with Gasteiger partial charge in [-0.2, -0.15) is 0 Å². The van der Waals surface area contributed by atoms with Crippen LogP contribution in [0.5, 0.6) is 11.5 Å². The molecule has 0 saturated heterocycles. The number of hydrogen-bond acceptors (Lipinski definition) is 6. The van der Waals surface area contributed by atoms with Crippen LogP contribution in [0.3, 0.4) is 0 Å². The number of carbonyl (C=O) groups excluding carboxylic acids is 1. The summed E-state index contributed by atoms with van der Waals surface area (Å²) in [4.78, 5) is 13.7. The third-order valence-electron chi connectivity index (χ3n) is 4.49. The molecule has 2 aromatic rings. The Balaban J connectivity index is 2.12. The topological polar surface area (TPSA) is 68.2 Å². The van der Waals surface area contributed by atoms with Crippen molar-refractivity contribution in [3.05, 3.63) is 59.7 Å². The molecule has 1 atom stereocenters. The predicted octanol–water partition coefficient (Wildman–Crippen LogP) is 3.41. The highest BCUT2D eigenvalue weighted by Crippen LogP contribution is 2.31. The standard InChI is InChI=1S/C23H31NO5/c1-4-9-22(26)29-17-20(25)16-24(14-18-10-6-5-7-11-18)15-19-12-8-13-21(27-2)23(19)28-3/h5-8,10-13,20,25H,4,9,14-17H2,1-3H3. The monoisotopic (exact) mass is 401 g/mol. The van der Waals surface area contributed by atoms with E-state index in [9.17, 15) is 9.90 Å². The minimum absolute atomic E-state index is 0.0145. The first kappa shape index (κ1) is 22.7. The van der Waals surface area contributed by atoms with Crippen molar-refractivity contribution >= 4 is 5.97 Å². The summed E-state index contributed by atoms with van der Waals surface area (Å²) in [5, 5.41) is 10.4. The molecule has 1 N–H and O–H groups in total. The molecule has 0 aliphatic carbocycles. The van der Waals surface area contributed by atoms with E-state index in [4.69, 9.17) is 14.2 Å². The molecule has 158 valence electrons. The fourth-order valence-corrected chi connectivity index (χ4v) is 3.16. The second-order valence-electron chi connectivity index (χ2n) is 6.89. The summed E-state index contributed by atoms with van der Waals surface area (Å²) in [6.45, 7) is 3.45. The van der Waals surface area contributed by atoms with Crippen LogP contribution in [0.25, 0.3) is 0 Å². The van der Waals surface area contributed by atoms with Crippen LogP contribution in [0.1, 0.15) is 30.9 Å². The van der Waals surface area contributed by atoms with Crippen LogP contribution >= 0.6 is 0 Å². The van der Waals surface area contributed by atoms with Gasteiger partial charge in [-0.15, -0.1) is 0 Å². The number of carbonyl (C=O) groups is 1. The van der Waals surface area contributed by atoms with Crippen LogP contribution in [-0.2, 0) is 22.6 Å². The zero-order valence-corrected chi connectivity index (χ0v) is 17.5. The van der Waals surface area contributed by atoms with E-state index in [-0.39, 0.29) is 12.6 Å². The Morgan fingerprint density at radius 3 is 2.45 bits per heavy atom. The minimum Gasteiger partial charge on any atom is -0.493 e. The van der Waals surface area contributed by atoms with E-state index < -0.39 is 6.10 Å². The fraction of sp³-hybridized carbons (Fsp3) is 0.435. The summed E-state index contributed by atoms with van der Waals surface area (Å²) in [5.74, 6) is 1.06. The fourth-order valence-electron chi connectivity index (χ4n) is 3.16. The molecule has 0 aliphatic rings. The highest BCUT2D eigenvalue weighted by atomic mass is 16.5. The van der Waals surface area contributed by atoms with E-state index in [1.165, 1.54) is 0 Å². The highest BCUT2D eigenvalue weighted by molar-refractivity contribution is 5.69. The summed E-state index contributed by atoms with van der Waals surface area (Å²) in [5.41, 5.74) is 2.09. The van der Waals surface area contributed by atoms with Gasteiger partial charge in [0, 0.05) is 31.6 Å². The van der Waals surface area contributed by atoms with E-state index in [0.29, 0.717) is 37.6 Å². The summed E-state index contributed by atoms with van der Waals surface area (Å²) in [6.07, 6.45) is 0.308. The molecule has 2 rings (SSSR count). The van der Waals surface area contributed by atoms with Gasteiger partial charge in [-0.25, -0.2) is 0 Å².